The van der Waals surface area contributed by atoms with Crippen molar-refractivity contribution < 1.29 is 14.6 Å². The van der Waals surface area contributed by atoms with Crippen LogP contribution in [0.25, 0.3) is 0 Å². The molecular weight excluding hydrogens is 368 g/mol. The van der Waals surface area contributed by atoms with Crippen LogP contribution in [0.4, 0.5) is 0 Å². The van der Waals surface area contributed by atoms with Crippen LogP contribution in [0, 0.1) is 25.2 Å². The fourth-order valence-corrected chi connectivity index (χ4v) is 3.13. The molecule has 0 radical (unpaired) electrons. The van der Waals surface area contributed by atoms with E-state index < -0.39 is 17.2 Å². The van der Waals surface area contributed by atoms with Crippen LogP contribution in [0.15, 0.2) is 59.4 Å². The predicted octanol–water partition coefficient (Wildman–Crippen LogP) is 3.35. The number of hydrogen-bond donors (Lipinski definition) is 1. The van der Waals surface area contributed by atoms with Gasteiger partial charge in [0.05, 0.1) is 12.1 Å². The zero-order valence-electron chi connectivity index (χ0n) is 16.2. The zero-order valence-corrected chi connectivity index (χ0v) is 16.2. The molecule has 0 atom stereocenters. The molecule has 6 nitrogen and oxygen atoms in total. The standard InChI is InChI=1S/C23H20N2O4/c1-15-8-6-7-11-20(15)29-14-19(26)21-16(2)18(12-24)22(27)25(23(21)28)13-17-9-4-3-5-10-17/h3-11,28H,13-14H2,1-2H3. The zero-order chi connectivity index (χ0) is 21.0. The van der Waals surface area contributed by atoms with Crippen LogP contribution in [-0.4, -0.2) is 22.1 Å². The topological polar surface area (TPSA) is 92.3 Å². The molecule has 0 unspecified atom stereocenters. The predicted molar refractivity (Wildman–Crippen MR) is 108 cm³/mol. The van der Waals surface area contributed by atoms with Crippen LogP contribution < -0.4 is 10.3 Å². The van der Waals surface area contributed by atoms with Crippen LogP contribution in [0.3, 0.4) is 0 Å². The summed E-state index contributed by atoms with van der Waals surface area (Å²) in [5.74, 6) is -0.425. The SMILES string of the molecule is Cc1ccccc1OCC(=O)c1c(C)c(C#N)c(=O)n(Cc2ccccc2)c1O. The van der Waals surface area contributed by atoms with Crippen molar-refractivity contribution in [3.05, 3.63) is 92.8 Å². The molecule has 0 saturated carbocycles. The third-order valence-electron chi connectivity index (χ3n) is 4.71. The molecule has 0 aliphatic heterocycles. The summed E-state index contributed by atoms with van der Waals surface area (Å²) in [6.07, 6.45) is 0. The van der Waals surface area contributed by atoms with E-state index in [4.69, 9.17) is 4.74 Å². The molecule has 0 aliphatic rings. The smallest absolute Gasteiger partial charge is 0.271 e. The lowest BCUT2D eigenvalue weighted by Crippen LogP contribution is -2.28. The van der Waals surface area contributed by atoms with Gasteiger partial charge in [-0.15, -0.1) is 0 Å². The van der Waals surface area contributed by atoms with Crippen molar-refractivity contribution in [2.45, 2.75) is 20.4 Å². The number of aromatic nitrogens is 1. The Hall–Kier alpha value is -3.85. The highest BCUT2D eigenvalue weighted by molar-refractivity contribution is 6.01. The third-order valence-corrected chi connectivity index (χ3v) is 4.71. The van der Waals surface area contributed by atoms with Crippen LogP contribution >= 0.6 is 0 Å². The van der Waals surface area contributed by atoms with Gasteiger partial charge in [0, 0.05) is 0 Å². The first-order valence-corrected chi connectivity index (χ1v) is 9.06. The maximum atomic E-state index is 12.8. The van der Waals surface area contributed by atoms with E-state index in [0.717, 1.165) is 15.7 Å². The van der Waals surface area contributed by atoms with E-state index in [1.165, 1.54) is 6.92 Å². The molecule has 6 heteroatoms. The van der Waals surface area contributed by atoms with E-state index >= 15 is 0 Å². The number of para-hydroxylation sites is 1. The number of hydrogen-bond acceptors (Lipinski definition) is 5. The van der Waals surface area contributed by atoms with Gasteiger partial charge in [-0.05, 0) is 36.6 Å². The molecule has 3 rings (SSSR count). The highest BCUT2D eigenvalue weighted by Gasteiger charge is 2.24. The Morgan fingerprint density at radius 3 is 2.41 bits per heavy atom. The van der Waals surface area contributed by atoms with Gasteiger partial charge in [0.15, 0.2) is 6.61 Å². The second-order valence-electron chi connectivity index (χ2n) is 6.66. The van der Waals surface area contributed by atoms with Gasteiger partial charge in [0.25, 0.3) is 5.56 Å². The Balaban J connectivity index is 2.00. The minimum atomic E-state index is -0.636. The van der Waals surface area contributed by atoms with Gasteiger partial charge in [-0.25, -0.2) is 0 Å². The minimum absolute atomic E-state index is 0.0411. The van der Waals surface area contributed by atoms with Gasteiger partial charge in [-0.1, -0.05) is 48.5 Å². The first-order valence-electron chi connectivity index (χ1n) is 9.06. The van der Waals surface area contributed by atoms with Crippen LogP contribution in [-0.2, 0) is 6.54 Å². The molecule has 0 spiro atoms. The lowest BCUT2D eigenvalue weighted by Gasteiger charge is -2.16. The molecule has 146 valence electrons. The minimum Gasteiger partial charge on any atom is -0.494 e. The molecule has 0 fully saturated rings. The molecule has 1 heterocycles. The third kappa shape index (κ3) is 4.04. The number of carbonyl (C=O) groups excluding carboxylic acids is 1. The Morgan fingerprint density at radius 2 is 1.76 bits per heavy atom. The summed E-state index contributed by atoms with van der Waals surface area (Å²) >= 11 is 0. The molecule has 0 amide bonds. The summed E-state index contributed by atoms with van der Waals surface area (Å²) in [7, 11) is 0. The van der Waals surface area contributed by atoms with Gasteiger partial charge in [-0.2, -0.15) is 5.26 Å². The number of ketones is 1. The number of rotatable bonds is 6. The monoisotopic (exact) mass is 388 g/mol. The van der Waals surface area contributed by atoms with E-state index in [9.17, 15) is 20.0 Å². The first-order chi connectivity index (χ1) is 13.9. The highest BCUT2D eigenvalue weighted by atomic mass is 16.5. The van der Waals surface area contributed by atoms with Gasteiger partial charge in [0.2, 0.25) is 11.7 Å². The Bertz CT molecular complexity index is 1160. The molecule has 0 saturated heterocycles. The summed E-state index contributed by atoms with van der Waals surface area (Å²) in [6.45, 7) is 3.05. The maximum Gasteiger partial charge on any atom is 0.271 e. The number of ether oxygens (including phenoxy) is 1. The molecule has 3 aromatic rings. The normalized spacial score (nSPS) is 10.4. The Labute approximate surface area is 168 Å². The summed E-state index contributed by atoms with van der Waals surface area (Å²) in [5.41, 5.74) is 0.893. The van der Waals surface area contributed by atoms with Crippen molar-refractivity contribution in [1.82, 2.24) is 4.57 Å². The summed E-state index contributed by atoms with van der Waals surface area (Å²) in [5, 5.41) is 20.2. The number of carbonyl (C=O) groups is 1. The lowest BCUT2D eigenvalue weighted by atomic mass is 10.0. The number of Topliss-reactive ketones (excluding diaryl/α,β-unsaturated/α-hetero) is 1. The van der Waals surface area contributed by atoms with Crippen molar-refractivity contribution in [2.75, 3.05) is 6.61 Å². The second kappa shape index (κ2) is 8.44. The van der Waals surface area contributed by atoms with E-state index in [0.29, 0.717) is 5.75 Å². The van der Waals surface area contributed by atoms with E-state index in [-0.39, 0.29) is 29.8 Å². The van der Waals surface area contributed by atoms with Crippen molar-refractivity contribution in [2.24, 2.45) is 0 Å². The molecule has 1 N–H and O–H groups in total. The molecule has 0 aliphatic carbocycles. The number of aryl methyl sites for hydroxylation is 1. The summed E-state index contributed by atoms with van der Waals surface area (Å²) in [4.78, 5) is 25.5. The average molecular weight is 388 g/mol. The second-order valence-corrected chi connectivity index (χ2v) is 6.66. The average Bonchev–Trinajstić information content (AvgIpc) is 2.72. The first kappa shape index (κ1) is 19.9. The molecular formula is C23H20N2O4. The number of nitrogens with zero attached hydrogens (tertiary/aromatic N) is 2. The van der Waals surface area contributed by atoms with Crippen LogP contribution in [0.1, 0.15) is 32.6 Å². The van der Waals surface area contributed by atoms with E-state index in [1.54, 1.807) is 36.4 Å². The lowest BCUT2D eigenvalue weighted by molar-refractivity contribution is 0.0916. The quantitative estimate of drug-likeness (QED) is 0.654. The largest absolute Gasteiger partial charge is 0.494 e. The Kier molecular flexibility index (Phi) is 5.79. The number of pyridine rings is 1. The van der Waals surface area contributed by atoms with Crippen molar-refractivity contribution in [1.29, 1.82) is 5.26 Å². The van der Waals surface area contributed by atoms with Gasteiger partial charge in [0.1, 0.15) is 17.4 Å². The van der Waals surface area contributed by atoms with Gasteiger partial charge in [-0.3, -0.25) is 14.2 Å². The Morgan fingerprint density at radius 1 is 1.10 bits per heavy atom. The molecule has 0 bridgehead atoms. The van der Waals surface area contributed by atoms with Crippen molar-refractivity contribution in [3.63, 3.8) is 0 Å². The fourth-order valence-electron chi connectivity index (χ4n) is 3.13. The number of nitriles is 1. The van der Waals surface area contributed by atoms with E-state index in [2.05, 4.69) is 0 Å². The fraction of sp³-hybridized carbons (Fsp3) is 0.174. The van der Waals surface area contributed by atoms with Gasteiger partial charge < -0.3 is 9.84 Å². The van der Waals surface area contributed by atoms with Crippen molar-refractivity contribution in [3.8, 4) is 17.7 Å². The molecule has 29 heavy (non-hydrogen) atoms. The number of aromatic hydroxyl groups is 1. The summed E-state index contributed by atoms with van der Waals surface area (Å²) < 4.78 is 6.64. The van der Waals surface area contributed by atoms with Gasteiger partial charge >= 0.3 is 0 Å². The van der Waals surface area contributed by atoms with Crippen molar-refractivity contribution >= 4 is 5.78 Å². The summed E-state index contributed by atoms with van der Waals surface area (Å²) in [6, 6.07) is 18.1. The van der Waals surface area contributed by atoms with E-state index in [1.807, 2.05) is 31.2 Å². The molecule has 1 aromatic heterocycles. The van der Waals surface area contributed by atoms with Crippen LogP contribution in [0.2, 0.25) is 0 Å². The number of benzene rings is 2. The highest BCUT2D eigenvalue weighted by Crippen LogP contribution is 2.24. The molecule has 2 aromatic carbocycles. The van der Waals surface area contributed by atoms with Crippen LogP contribution in [0.5, 0.6) is 11.6 Å². The maximum absolute atomic E-state index is 12.8.